The van der Waals surface area contributed by atoms with Gasteiger partial charge in [0.2, 0.25) is 0 Å². The lowest BCUT2D eigenvalue weighted by atomic mass is 10.1. The molecule has 1 N–H and O–H groups in total. The second kappa shape index (κ2) is 5.49. The van der Waals surface area contributed by atoms with Crippen LogP contribution in [0.15, 0.2) is 22.7 Å². The number of hydrogen-bond donors (Lipinski definition) is 1. The maximum absolute atomic E-state index is 4.82. The smallest absolute Gasteiger partial charge is 0.0727 e. The van der Waals surface area contributed by atoms with E-state index in [0.29, 0.717) is 0 Å². The van der Waals surface area contributed by atoms with E-state index >= 15 is 0 Å². The molecule has 1 aliphatic rings. The fourth-order valence-corrected chi connectivity index (χ4v) is 3.19. The van der Waals surface area contributed by atoms with Gasteiger partial charge in [-0.25, -0.2) is 0 Å². The van der Waals surface area contributed by atoms with Crippen molar-refractivity contribution in [2.45, 2.75) is 39.0 Å². The Morgan fingerprint density at radius 3 is 3.05 bits per heavy atom. The van der Waals surface area contributed by atoms with Gasteiger partial charge in [-0.15, -0.1) is 0 Å². The Bertz CT molecular complexity index is 607. The summed E-state index contributed by atoms with van der Waals surface area (Å²) in [5, 5.41) is 4.91. The Balaban J connectivity index is 2.11. The molecule has 3 rings (SSSR count). The van der Waals surface area contributed by atoms with E-state index < -0.39 is 0 Å². The summed E-state index contributed by atoms with van der Waals surface area (Å²) in [5.74, 6) is 0. The average Bonchev–Trinajstić information content (AvgIpc) is 2.86. The molecular weight excluding hydrogens is 300 g/mol. The van der Waals surface area contributed by atoms with Crippen molar-refractivity contribution in [2.75, 3.05) is 11.9 Å². The highest BCUT2D eigenvalue weighted by atomic mass is 79.9. The van der Waals surface area contributed by atoms with Gasteiger partial charge in [0.1, 0.15) is 0 Å². The normalized spacial score (nSPS) is 13.8. The van der Waals surface area contributed by atoms with Crippen molar-refractivity contribution >= 4 is 32.5 Å². The lowest BCUT2D eigenvalue weighted by molar-refractivity contribution is 0.833. The zero-order valence-corrected chi connectivity index (χ0v) is 12.9. The quantitative estimate of drug-likeness (QED) is 0.827. The molecule has 0 saturated carbocycles. The van der Waals surface area contributed by atoms with Crippen molar-refractivity contribution in [3.63, 3.8) is 0 Å². The number of rotatable bonds is 4. The maximum atomic E-state index is 4.82. The molecule has 1 aromatic heterocycles. The highest BCUT2D eigenvalue weighted by Gasteiger charge is 2.19. The number of hydrogen-bond acceptors (Lipinski definition) is 2. The molecule has 3 heteroatoms. The first-order valence-electron chi connectivity index (χ1n) is 7.14. The third kappa shape index (κ3) is 2.48. The molecule has 1 aliphatic carbocycles. The lowest BCUT2D eigenvalue weighted by Gasteiger charge is -2.14. The minimum atomic E-state index is 1.05. The molecule has 2 aromatic rings. The van der Waals surface area contributed by atoms with Crippen LogP contribution in [-0.2, 0) is 12.8 Å². The van der Waals surface area contributed by atoms with Gasteiger partial charge in [-0.2, -0.15) is 0 Å². The predicted molar refractivity (Wildman–Crippen MR) is 84.9 cm³/mol. The second-order valence-electron chi connectivity index (χ2n) is 5.21. The molecule has 0 saturated heterocycles. The number of aromatic nitrogens is 1. The fourth-order valence-electron chi connectivity index (χ4n) is 2.83. The zero-order chi connectivity index (χ0) is 13.2. The van der Waals surface area contributed by atoms with Crippen molar-refractivity contribution in [2.24, 2.45) is 0 Å². The standard InChI is InChI=1S/C16H19BrN2/c1-2-3-9-18-16-12-5-4-6-14(12)19-15-8-7-11(17)10-13(15)16/h7-8,10H,2-6,9H2,1H3,(H,18,19). The van der Waals surface area contributed by atoms with E-state index in [1.54, 1.807) is 0 Å². The van der Waals surface area contributed by atoms with Crippen molar-refractivity contribution in [3.8, 4) is 0 Å². The van der Waals surface area contributed by atoms with Crippen LogP contribution in [0, 0.1) is 0 Å². The Morgan fingerprint density at radius 2 is 2.21 bits per heavy atom. The van der Waals surface area contributed by atoms with E-state index in [-0.39, 0.29) is 0 Å². The van der Waals surface area contributed by atoms with Crippen molar-refractivity contribution < 1.29 is 0 Å². The molecule has 0 unspecified atom stereocenters. The van der Waals surface area contributed by atoms with Crippen LogP contribution in [0.5, 0.6) is 0 Å². The number of unbranched alkanes of at least 4 members (excludes halogenated alkanes) is 1. The van der Waals surface area contributed by atoms with Crippen molar-refractivity contribution in [1.82, 2.24) is 4.98 Å². The summed E-state index contributed by atoms with van der Waals surface area (Å²) in [6.45, 7) is 3.28. The summed E-state index contributed by atoms with van der Waals surface area (Å²) < 4.78 is 1.12. The van der Waals surface area contributed by atoms with Gasteiger partial charge in [0.05, 0.1) is 5.52 Å². The number of nitrogens with zero attached hydrogens (tertiary/aromatic N) is 1. The van der Waals surface area contributed by atoms with Gasteiger partial charge in [-0.1, -0.05) is 29.3 Å². The fraction of sp³-hybridized carbons (Fsp3) is 0.438. The summed E-state index contributed by atoms with van der Waals surface area (Å²) in [6.07, 6.45) is 5.97. The van der Waals surface area contributed by atoms with Crippen molar-refractivity contribution in [1.29, 1.82) is 0 Å². The van der Waals surface area contributed by atoms with E-state index in [1.807, 2.05) is 0 Å². The molecule has 0 atom stereocenters. The Hall–Kier alpha value is -1.09. The first-order valence-corrected chi connectivity index (χ1v) is 7.93. The first-order chi connectivity index (χ1) is 9.29. The topological polar surface area (TPSA) is 24.9 Å². The third-order valence-corrected chi connectivity index (χ3v) is 4.30. The Kier molecular flexibility index (Phi) is 3.74. The molecule has 0 amide bonds. The Morgan fingerprint density at radius 1 is 1.32 bits per heavy atom. The summed E-state index contributed by atoms with van der Waals surface area (Å²) in [7, 11) is 0. The predicted octanol–water partition coefficient (Wildman–Crippen LogP) is 4.70. The summed E-state index contributed by atoms with van der Waals surface area (Å²) in [4.78, 5) is 4.82. The second-order valence-corrected chi connectivity index (χ2v) is 6.12. The van der Waals surface area contributed by atoms with Crippen LogP contribution in [0.1, 0.15) is 37.4 Å². The number of pyridine rings is 1. The van der Waals surface area contributed by atoms with Gasteiger partial charge in [-0.05, 0) is 49.4 Å². The minimum absolute atomic E-state index is 1.05. The molecule has 0 radical (unpaired) electrons. The van der Waals surface area contributed by atoms with Crippen LogP contribution < -0.4 is 5.32 Å². The maximum Gasteiger partial charge on any atom is 0.0727 e. The van der Waals surface area contributed by atoms with Gasteiger partial charge < -0.3 is 5.32 Å². The number of halogens is 1. The number of benzene rings is 1. The number of fused-ring (bicyclic) bond motifs is 2. The SMILES string of the molecule is CCCCNc1c2c(nc3ccc(Br)cc13)CCC2. The van der Waals surface area contributed by atoms with Gasteiger partial charge in [-0.3, -0.25) is 4.98 Å². The third-order valence-electron chi connectivity index (χ3n) is 3.81. The van der Waals surface area contributed by atoms with Crippen LogP contribution in [-0.4, -0.2) is 11.5 Å². The average molecular weight is 319 g/mol. The van der Waals surface area contributed by atoms with Crippen LogP contribution >= 0.6 is 15.9 Å². The van der Waals surface area contributed by atoms with Gasteiger partial charge in [0.15, 0.2) is 0 Å². The van der Waals surface area contributed by atoms with Crippen molar-refractivity contribution in [3.05, 3.63) is 33.9 Å². The summed E-state index contributed by atoms with van der Waals surface area (Å²) >= 11 is 3.57. The highest BCUT2D eigenvalue weighted by Crippen LogP contribution is 2.35. The van der Waals surface area contributed by atoms with Crippen LogP contribution in [0.4, 0.5) is 5.69 Å². The molecule has 100 valence electrons. The molecule has 0 aliphatic heterocycles. The van der Waals surface area contributed by atoms with Gasteiger partial charge in [0, 0.05) is 27.8 Å². The van der Waals surface area contributed by atoms with Crippen LogP contribution in [0.25, 0.3) is 10.9 Å². The van der Waals surface area contributed by atoms with Crippen LogP contribution in [0.3, 0.4) is 0 Å². The van der Waals surface area contributed by atoms with Gasteiger partial charge in [0.25, 0.3) is 0 Å². The molecule has 19 heavy (non-hydrogen) atoms. The molecule has 0 spiro atoms. The first kappa shape index (κ1) is 12.9. The number of nitrogens with one attached hydrogen (secondary N) is 1. The van der Waals surface area contributed by atoms with E-state index in [1.165, 1.54) is 48.0 Å². The Labute approximate surface area is 122 Å². The van der Waals surface area contributed by atoms with E-state index in [0.717, 1.165) is 23.0 Å². The minimum Gasteiger partial charge on any atom is -0.384 e. The molecule has 0 bridgehead atoms. The molecule has 2 nitrogen and oxygen atoms in total. The van der Waals surface area contributed by atoms with E-state index in [4.69, 9.17) is 4.98 Å². The highest BCUT2D eigenvalue weighted by molar-refractivity contribution is 9.10. The van der Waals surface area contributed by atoms with Crippen LogP contribution in [0.2, 0.25) is 0 Å². The zero-order valence-electron chi connectivity index (χ0n) is 11.3. The largest absolute Gasteiger partial charge is 0.384 e. The molecule has 0 fully saturated rings. The molecule has 1 aromatic carbocycles. The number of anilines is 1. The molecule has 1 heterocycles. The van der Waals surface area contributed by atoms with E-state index in [2.05, 4.69) is 46.4 Å². The lowest BCUT2D eigenvalue weighted by Crippen LogP contribution is -2.06. The number of aryl methyl sites for hydroxylation is 1. The van der Waals surface area contributed by atoms with E-state index in [9.17, 15) is 0 Å². The molecular formula is C16H19BrN2. The van der Waals surface area contributed by atoms with Gasteiger partial charge >= 0.3 is 0 Å². The monoisotopic (exact) mass is 318 g/mol. The summed E-state index contributed by atoms with van der Waals surface area (Å²) in [5.41, 5.74) is 5.19. The summed E-state index contributed by atoms with van der Waals surface area (Å²) in [6, 6.07) is 6.38.